The van der Waals surface area contributed by atoms with Crippen molar-refractivity contribution < 1.29 is 14.3 Å². The zero-order valence-corrected chi connectivity index (χ0v) is 15.4. The number of anilines is 1. The number of ether oxygens (including phenoxy) is 1. The van der Waals surface area contributed by atoms with E-state index in [1.54, 1.807) is 6.07 Å². The third-order valence-electron chi connectivity index (χ3n) is 4.92. The third-order valence-corrected chi connectivity index (χ3v) is 4.92. The number of carbonyl (C=O) groups is 2. The van der Waals surface area contributed by atoms with Gasteiger partial charge in [0.2, 0.25) is 0 Å². The fourth-order valence-corrected chi connectivity index (χ4v) is 3.45. The predicted molar refractivity (Wildman–Crippen MR) is 103 cm³/mol. The Kier molecular flexibility index (Phi) is 5.71. The van der Waals surface area contributed by atoms with E-state index in [2.05, 4.69) is 5.32 Å². The lowest BCUT2D eigenvalue weighted by molar-refractivity contribution is -0.119. The number of para-hydroxylation sites is 1. The summed E-state index contributed by atoms with van der Waals surface area (Å²) >= 11 is 0. The summed E-state index contributed by atoms with van der Waals surface area (Å²) in [5.74, 6) is -0.769. The van der Waals surface area contributed by atoms with Crippen LogP contribution in [0.5, 0.6) is 0 Å². The number of hydrogen-bond donors (Lipinski definition) is 1. The molecular weight excluding hydrogens is 326 g/mol. The van der Waals surface area contributed by atoms with E-state index in [-0.39, 0.29) is 12.5 Å². The smallest absolute Gasteiger partial charge is 0.338 e. The zero-order chi connectivity index (χ0) is 18.5. The van der Waals surface area contributed by atoms with Gasteiger partial charge >= 0.3 is 5.97 Å². The first kappa shape index (κ1) is 18.2. The van der Waals surface area contributed by atoms with Crippen LogP contribution in [-0.2, 0) is 28.8 Å². The van der Waals surface area contributed by atoms with Gasteiger partial charge in [0.15, 0.2) is 6.61 Å². The molecule has 3 rings (SSSR count). The fourth-order valence-electron chi connectivity index (χ4n) is 3.45. The molecule has 136 valence electrons. The standard InChI is InChI=1S/C22H25NO3/c1-3-16-10-6-7-15(2)21(16)23-20(24)14-26-22(25)19-12-11-17-8-4-5-9-18(17)13-19/h6-7,10-13H,3-5,8-9,14H2,1-2H3,(H,23,24). The van der Waals surface area contributed by atoms with Crippen LogP contribution in [-0.4, -0.2) is 18.5 Å². The summed E-state index contributed by atoms with van der Waals surface area (Å²) in [4.78, 5) is 24.5. The molecule has 0 radical (unpaired) electrons. The van der Waals surface area contributed by atoms with Gasteiger partial charge in [0.05, 0.1) is 5.56 Å². The number of amides is 1. The summed E-state index contributed by atoms with van der Waals surface area (Å²) in [5.41, 5.74) is 5.94. The maximum Gasteiger partial charge on any atom is 0.338 e. The Labute approximate surface area is 154 Å². The number of hydrogen-bond acceptors (Lipinski definition) is 3. The molecule has 4 heteroatoms. The van der Waals surface area contributed by atoms with E-state index >= 15 is 0 Å². The Balaban J connectivity index is 1.60. The van der Waals surface area contributed by atoms with Gasteiger partial charge in [-0.1, -0.05) is 31.2 Å². The minimum absolute atomic E-state index is 0.284. The van der Waals surface area contributed by atoms with Crippen molar-refractivity contribution in [1.82, 2.24) is 0 Å². The normalized spacial score (nSPS) is 13.0. The van der Waals surface area contributed by atoms with Gasteiger partial charge in [-0.25, -0.2) is 4.79 Å². The molecule has 1 aliphatic rings. The summed E-state index contributed by atoms with van der Waals surface area (Å²) in [6.07, 6.45) is 5.26. The number of nitrogens with one attached hydrogen (secondary N) is 1. The SMILES string of the molecule is CCc1cccc(C)c1NC(=O)COC(=O)c1ccc2c(c1)CCCC2. The van der Waals surface area contributed by atoms with Gasteiger partial charge in [0.1, 0.15) is 0 Å². The van der Waals surface area contributed by atoms with Gasteiger partial charge in [0, 0.05) is 5.69 Å². The third kappa shape index (κ3) is 4.13. The Morgan fingerprint density at radius 3 is 2.62 bits per heavy atom. The first-order valence-corrected chi connectivity index (χ1v) is 9.25. The maximum atomic E-state index is 12.3. The van der Waals surface area contributed by atoms with E-state index in [0.717, 1.165) is 42.5 Å². The average Bonchev–Trinajstić information content (AvgIpc) is 2.67. The molecule has 1 amide bonds. The van der Waals surface area contributed by atoms with Crippen LogP contribution in [0.15, 0.2) is 36.4 Å². The molecule has 0 fully saturated rings. The Bertz CT molecular complexity index is 826. The number of benzene rings is 2. The lowest BCUT2D eigenvalue weighted by atomic mass is 9.90. The molecule has 4 nitrogen and oxygen atoms in total. The van der Waals surface area contributed by atoms with Gasteiger partial charge in [-0.2, -0.15) is 0 Å². The van der Waals surface area contributed by atoms with Crippen LogP contribution in [0.4, 0.5) is 5.69 Å². The number of aryl methyl sites for hydroxylation is 4. The van der Waals surface area contributed by atoms with Crippen LogP contribution >= 0.6 is 0 Å². The summed E-state index contributed by atoms with van der Waals surface area (Å²) in [7, 11) is 0. The van der Waals surface area contributed by atoms with E-state index in [1.165, 1.54) is 17.5 Å². The molecule has 2 aromatic rings. The molecule has 1 N–H and O–H groups in total. The van der Waals surface area contributed by atoms with Gasteiger partial charge in [-0.05, 0) is 73.4 Å². The lowest BCUT2D eigenvalue weighted by Crippen LogP contribution is -2.22. The summed E-state index contributed by atoms with van der Waals surface area (Å²) in [6.45, 7) is 3.71. The van der Waals surface area contributed by atoms with E-state index in [0.29, 0.717) is 5.56 Å². The Morgan fingerprint density at radius 1 is 1.08 bits per heavy atom. The lowest BCUT2D eigenvalue weighted by Gasteiger charge is -2.16. The maximum absolute atomic E-state index is 12.3. The predicted octanol–water partition coefficient (Wildman–Crippen LogP) is 4.23. The van der Waals surface area contributed by atoms with Crippen molar-refractivity contribution >= 4 is 17.6 Å². The van der Waals surface area contributed by atoms with Crippen LogP contribution in [0.2, 0.25) is 0 Å². The number of esters is 1. The summed E-state index contributed by atoms with van der Waals surface area (Å²) < 4.78 is 5.22. The minimum atomic E-state index is -0.450. The van der Waals surface area contributed by atoms with Gasteiger partial charge in [-0.3, -0.25) is 4.79 Å². The molecule has 0 saturated heterocycles. The van der Waals surface area contributed by atoms with Crippen LogP contribution in [0.3, 0.4) is 0 Å². The van der Waals surface area contributed by atoms with Crippen molar-refractivity contribution in [3.63, 3.8) is 0 Å². The molecule has 1 aliphatic carbocycles. The summed E-state index contributed by atoms with van der Waals surface area (Å²) in [5, 5.41) is 2.87. The van der Waals surface area contributed by atoms with Crippen LogP contribution in [0.1, 0.15) is 52.4 Å². The molecule has 0 aromatic heterocycles. The van der Waals surface area contributed by atoms with Crippen molar-refractivity contribution in [3.05, 3.63) is 64.2 Å². The van der Waals surface area contributed by atoms with E-state index in [1.807, 2.05) is 44.2 Å². The average molecular weight is 351 g/mol. The van der Waals surface area contributed by atoms with Crippen molar-refractivity contribution in [3.8, 4) is 0 Å². The largest absolute Gasteiger partial charge is 0.452 e. The molecule has 0 atom stereocenters. The molecule has 0 saturated carbocycles. The molecule has 0 spiro atoms. The quantitative estimate of drug-likeness (QED) is 0.820. The first-order valence-electron chi connectivity index (χ1n) is 9.25. The van der Waals surface area contributed by atoms with Crippen LogP contribution < -0.4 is 5.32 Å². The molecular formula is C22H25NO3. The highest BCUT2D eigenvalue weighted by atomic mass is 16.5. The number of rotatable bonds is 5. The van der Waals surface area contributed by atoms with Crippen molar-refractivity contribution in [2.24, 2.45) is 0 Å². The second-order valence-corrected chi connectivity index (χ2v) is 6.78. The molecule has 2 aromatic carbocycles. The highest BCUT2D eigenvalue weighted by molar-refractivity contribution is 5.96. The zero-order valence-electron chi connectivity index (χ0n) is 15.4. The van der Waals surface area contributed by atoms with E-state index in [9.17, 15) is 9.59 Å². The highest BCUT2D eigenvalue weighted by Crippen LogP contribution is 2.23. The molecule has 0 unspecified atom stereocenters. The second-order valence-electron chi connectivity index (χ2n) is 6.78. The Morgan fingerprint density at radius 2 is 1.85 bits per heavy atom. The van der Waals surface area contributed by atoms with Crippen LogP contribution in [0.25, 0.3) is 0 Å². The van der Waals surface area contributed by atoms with Gasteiger partial charge < -0.3 is 10.1 Å². The second kappa shape index (κ2) is 8.17. The molecule has 0 bridgehead atoms. The molecule has 0 aliphatic heterocycles. The summed E-state index contributed by atoms with van der Waals surface area (Å²) in [6, 6.07) is 11.6. The van der Waals surface area contributed by atoms with Crippen LogP contribution in [0, 0.1) is 6.92 Å². The topological polar surface area (TPSA) is 55.4 Å². The molecule has 0 heterocycles. The van der Waals surface area contributed by atoms with E-state index in [4.69, 9.17) is 4.74 Å². The Hall–Kier alpha value is -2.62. The highest BCUT2D eigenvalue weighted by Gasteiger charge is 2.15. The van der Waals surface area contributed by atoms with Gasteiger partial charge in [-0.15, -0.1) is 0 Å². The minimum Gasteiger partial charge on any atom is -0.452 e. The number of fused-ring (bicyclic) bond motifs is 1. The number of carbonyl (C=O) groups excluding carboxylic acids is 2. The van der Waals surface area contributed by atoms with Crippen molar-refractivity contribution in [2.75, 3.05) is 11.9 Å². The van der Waals surface area contributed by atoms with Crippen molar-refractivity contribution in [1.29, 1.82) is 0 Å². The molecule has 26 heavy (non-hydrogen) atoms. The monoisotopic (exact) mass is 351 g/mol. The first-order chi connectivity index (χ1) is 12.6. The van der Waals surface area contributed by atoms with E-state index < -0.39 is 5.97 Å². The van der Waals surface area contributed by atoms with Gasteiger partial charge in [0.25, 0.3) is 5.91 Å². The fraction of sp³-hybridized carbons (Fsp3) is 0.364. The van der Waals surface area contributed by atoms with Crippen molar-refractivity contribution in [2.45, 2.75) is 46.0 Å².